The number of ether oxygens (including phenoxy) is 1. The normalized spacial score (nSPS) is 16.3. The Kier molecular flexibility index (Phi) is 7.41. The van der Waals surface area contributed by atoms with E-state index in [1.54, 1.807) is 12.1 Å². The van der Waals surface area contributed by atoms with E-state index in [0.717, 1.165) is 50.9 Å². The molecule has 0 unspecified atom stereocenters. The Bertz CT molecular complexity index is 624. The zero-order valence-electron chi connectivity index (χ0n) is 16.0. The Labute approximate surface area is 156 Å². The molecule has 7 nitrogen and oxygen atoms in total. The van der Waals surface area contributed by atoms with E-state index in [1.807, 2.05) is 19.1 Å². The smallest absolute Gasteiger partial charge is 0.248 e. The molecule has 0 radical (unpaired) electrons. The zero-order valence-corrected chi connectivity index (χ0v) is 16.0. The number of hydrogen-bond donors (Lipinski definition) is 3. The third-order valence-corrected chi connectivity index (χ3v) is 4.53. The number of morpholine rings is 1. The summed E-state index contributed by atoms with van der Waals surface area (Å²) in [6.07, 6.45) is 0. The van der Waals surface area contributed by atoms with Gasteiger partial charge in [0.05, 0.1) is 19.8 Å². The summed E-state index contributed by atoms with van der Waals surface area (Å²) in [5.41, 5.74) is 6.80. The predicted molar refractivity (Wildman–Crippen MR) is 104 cm³/mol. The average molecular weight is 361 g/mol. The van der Waals surface area contributed by atoms with Crippen LogP contribution in [0, 0.1) is 0 Å². The first-order valence-electron chi connectivity index (χ1n) is 9.16. The molecule has 1 amide bonds. The highest BCUT2D eigenvalue weighted by molar-refractivity contribution is 5.92. The summed E-state index contributed by atoms with van der Waals surface area (Å²) in [6.45, 7) is 12.0. The summed E-state index contributed by atoms with van der Waals surface area (Å²) in [5.74, 6) is 0.339. The lowest BCUT2D eigenvalue weighted by molar-refractivity contribution is -0.00834. The number of amides is 1. The molecule has 1 aliphatic heterocycles. The van der Waals surface area contributed by atoms with Gasteiger partial charge in [-0.15, -0.1) is 0 Å². The summed E-state index contributed by atoms with van der Waals surface area (Å²) in [4.78, 5) is 18.4. The molecule has 0 saturated carbocycles. The molecule has 4 N–H and O–H groups in total. The molecule has 1 saturated heterocycles. The molecular formula is C19H31N5O2. The van der Waals surface area contributed by atoms with Gasteiger partial charge in [0.2, 0.25) is 5.91 Å². The van der Waals surface area contributed by atoms with Gasteiger partial charge in [0.15, 0.2) is 5.96 Å². The molecule has 0 bridgehead atoms. The molecule has 1 aliphatic rings. The monoisotopic (exact) mass is 361 g/mol. The maximum atomic E-state index is 11.3. The molecule has 0 spiro atoms. The van der Waals surface area contributed by atoms with Crippen LogP contribution in [0.15, 0.2) is 29.3 Å². The predicted octanol–water partition coefficient (Wildman–Crippen LogP) is 0.951. The first kappa shape index (κ1) is 20.2. The first-order chi connectivity index (χ1) is 12.4. The second-order valence-electron chi connectivity index (χ2n) is 7.03. The van der Waals surface area contributed by atoms with Gasteiger partial charge in [0.1, 0.15) is 0 Å². The summed E-state index contributed by atoms with van der Waals surface area (Å²) < 4.78 is 5.44. The van der Waals surface area contributed by atoms with Crippen molar-refractivity contribution in [1.29, 1.82) is 0 Å². The number of carbonyl (C=O) groups excluding carboxylic acids is 1. The van der Waals surface area contributed by atoms with Crippen LogP contribution >= 0.6 is 0 Å². The van der Waals surface area contributed by atoms with Crippen LogP contribution in [0.1, 0.15) is 36.7 Å². The summed E-state index contributed by atoms with van der Waals surface area (Å²) in [6, 6.07) is 7.26. The van der Waals surface area contributed by atoms with E-state index in [4.69, 9.17) is 10.5 Å². The topological polar surface area (TPSA) is 92.0 Å². The second-order valence-corrected chi connectivity index (χ2v) is 7.03. The number of benzene rings is 1. The third kappa shape index (κ3) is 6.00. The minimum absolute atomic E-state index is 0.00581. The van der Waals surface area contributed by atoms with E-state index >= 15 is 0 Å². The number of primary amides is 1. The van der Waals surface area contributed by atoms with E-state index in [2.05, 4.69) is 34.4 Å². The molecule has 0 aromatic heterocycles. The number of rotatable bonds is 7. The van der Waals surface area contributed by atoms with Gasteiger partial charge < -0.3 is 21.1 Å². The van der Waals surface area contributed by atoms with Crippen molar-refractivity contribution >= 4 is 11.9 Å². The lowest BCUT2D eigenvalue weighted by Crippen LogP contribution is -2.56. The fourth-order valence-corrected chi connectivity index (χ4v) is 2.92. The Hall–Kier alpha value is -2.12. The lowest BCUT2D eigenvalue weighted by atomic mass is 10.0. The zero-order chi connectivity index (χ0) is 19.0. The van der Waals surface area contributed by atoms with Gasteiger partial charge in [-0.2, -0.15) is 0 Å². The SMILES string of the molecule is CCNC(=NCc1cccc(C(N)=O)c1)NCC(C)(C)N1CCOCC1. The van der Waals surface area contributed by atoms with Gasteiger partial charge in [-0.3, -0.25) is 9.69 Å². The van der Waals surface area contributed by atoms with Gasteiger partial charge >= 0.3 is 0 Å². The van der Waals surface area contributed by atoms with Gasteiger partial charge in [-0.05, 0) is 38.5 Å². The van der Waals surface area contributed by atoms with Crippen LogP contribution in [-0.4, -0.2) is 61.7 Å². The standard InChI is InChI=1S/C19H31N5O2/c1-4-21-18(22-13-15-6-5-7-16(12-15)17(20)25)23-14-19(2,3)24-8-10-26-11-9-24/h5-7,12H,4,8-11,13-14H2,1-3H3,(H2,20,25)(H2,21,22,23). The van der Waals surface area contributed by atoms with Crippen molar-refractivity contribution in [3.05, 3.63) is 35.4 Å². The molecule has 1 fully saturated rings. The number of guanidine groups is 1. The number of hydrogen-bond acceptors (Lipinski definition) is 4. The Morgan fingerprint density at radius 1 is 1.31 bits per heavy atom. The van der Waals surface area contributed by atoms with Crippen molar-refractivity contribution in [2.45, 2.75) is 32.9 Å². The molecule has 0 atom stereocenters. The lowest BCUT2D eigenvalue weighted by Gasteiger charge is -2.41. The minimum Gasteiger partial charge on any atom is -0.379 e. The summed E-state index contributed by atoms with van der Waals surface area (Å²) >= 11 is 0. The average Bonchev–Trinajstić information content (AvgIpc) is 2.65. The van der Waals surface area contributed by atoms with E-state index in [0.29, 0.717) is 12.1 Å². The molecule has 0 aliphatic carbocycles. The van der Waals surface area contributed by atoms with Crippen LogP contribution in [0.25, 0.3) is 0 Å². The van der Waals surface area contributed by atoms with E-state index in [9.17, 15) is 4.79 Å². The molecule has 144 valence electrons. The van der Waals surface area contributed by atoms with Crippen LogP contribution in [0.3, 0.4) is 0 Å². The third-order valence-electron chi connectivity index (χ3n) is 4.53. The molecular weight excluding hydrogens is 330 g/mol. The fourth-order valence-electron chi connectivity index (χ4n) is 2.92. The number of carbonyl (C=O) groups is 1. The minimum atomic E-state index is -0.423. The van der Waals surface area contributed by atoms with Crippen molar-refractivity contribution in [1.82, 2.24) is 15.5 Å². The molecule has 26 heavy (non-hydrogen) atoms. The van der Waals surface area contributed by atoms with Crippen LogP contribution in [0.4, 0.5) is 0 Å². The highest BCUT2D eigenvalue weighted by Crippen LogP contribution is 2.15. The molecule has 1 aromatic rings. The van der Waals surface area contributed by atoms with E-state index in [1.165, 1.54) is 0 Å². The van der Waals surface area contributed by atoms with E-state index in [-0.39, 0.29) is 5.54 Å². The maximum Gasteiger partial charge on any atom is 0.248 e. The van der Waals surface area contributed by atoms with Gasteiger partial charge in [0, 0.05) is 37.3 Å². The summed E-state index contributed by atoms with van der Waals surface area (Å²) in [5, 5.41) is 6.70. The van der Waals surface area contributed by atoms with Crippen LogP contribution in [0.2, 0.25) is 0 Å². The second kappa shape index (κ2) is 9.54. The molecule has 1 heterocycles. The Morgan fingerprint density at radius 3 is 2.69 bits per heavy atom. The van der Waals surface area contributed by atoms with E-state index < -0.39 is 5.91 Å². The first-order valence-corrected chi connectivity index (χ1v) is 9.16. The van der Waals surface area contributed by atoms with Gasteiger partial charge in [0.25, 0.3) is 0 Å². The highest BCUT2D eigenvalue weighted by atomic mass is 16.5. The summed E-state index contributed by atoms with van der Waals surface area (Å²) in [7, 11) is 0. The molecule has 7 heteroatoms. The Balaban J connectivity index is 1.97. The molecule has 2 rings (SSSR count). The van der Waals surface area contributed by atoms with Crippen molar-refractivity contribution in [2.24, 2.45) is 10.7 Å². The molecule has 1 aromatic carbocycles. The van der Waals surface area contributed by atoms with Crippen molar-refractivity contribution < 1.29 is 9.53 Å². The van der Waals surface area contributed by atoms with Crippen molar-refractivity contribution in [3.63, 3.8) is 0 Å². The number of aliphatic imine (C=N–C) groups is 1. The highest BCUT2D eigenvalue weighted by Gasteiger charge is 2.28. The van der Waals surface area contributed by atoms with Gasteiger partial charge in [-0.1, -0.05) is 12.1 Å². The van der Waals surface area contributed by atoms with Crippen LogP contribution in [0.5, 0.6) is 0 Å². The quantitative estimate of drug-likeness (QED) is 0.497. The van der Waals surface area contributed by atoms with Crippen LogP contribution in [-0.2, 0) is 11.3 Å². The number of nitrogens with one attached hydrogen (secondary N) is 2. The number of nitrogens with zero attached hydrogens (tertiary/aromatic N) is 2. The largest absolute Gasteiger partial charge is 0.379 e. The fraction of sp³-hybridized carbons (Fsp3) is 0.579. The van der Waals surface area contributed by atoms with Crippen molar-refractivity contribution in [3.8, 4) is 0 Å². The number of nitrogens with two attached hydrogens (primary N) is 1. The van der Waals surface area contributed by atoms with Crippen LogP contribution < -0.4 is 16.4 Å². The van der Waals surface area contributed by atoms with Crippen molar-refractivity contribution in [2.75, 3.05) is 39.4 Å². The maximum absolute atomic E-state index is 11.3. The Morgan fingerprint density at radius 2 is 2.04 bits per heavy atom. The van der Waals surface area contributed by atoms with Gasteiger partial charge in [-0.25, -0.2) is 4.99 Å².